The summed E-state index contributed by atoms with van der Waals surface area (Å²) in [5.41, 5.74) is 2.23. The summed E-state index contributed by atoms with van der Waals surface area (Å²) in [6.45, 7) is 8.39. The molecule has 0 unspecified atom stereocenters. The van der Waals surface area contributed by atoms with Gasteiger partial charge >= 0.3 is 0 Å². The molecule has 27 heavy (non-hydrogen) atoms. The molecule has 3 rings (SSSR count). The number of morpholine rings is 1. The molecular weight excluding hydrogens is 342 g/mol. The molecule has 0 aromatic heterocycles. The Morgan fingerprint density at radius 2 is 1.89 bits per heavy atom. The fraction of sp³-hybridized carbons (Fsp3) is 0.619. The molecule has 0 saturated carbocycles. The van der Waals surface area contributed by atoms with Crippen LogP contribution in [0.2, 0.25) is 0 Å². The van der Waals surface area contributed by atoms with Gasteiger partial charge in [0.25, 0.3) is 0 Å². The van der Waals surface area contributed by atoms with Gasteiger partial charge in [-0.15, -0.1) is 0 Å². The molecule has 6 heteroatoms. The van der Waals surface area contributed by atoms with E-state index >= 15 is 0 Å². The van der Waals surface area contributed by atoms with E-state index in [0.717, 1.165) is 51.3 Å². The first-order chi connectivity index (χ1) is 13.1. The summed E-state index contributed by atoms with van der Waals surface area (Å²) >= 11 is 0. The van der Waals surface area contributed by atoms with Crippen LogP contribution in [0.5, 0.6) is 0 Å². The number of benzene rings is 1. The van der Waals surface area contributed by atoms with Gasteiger partial charge in [0.05, 0.1) is 19.6 Å². The van der Waals surface area contributed by atoms with Gasteiger partial charge < -0.3 is 15.0 Å². The van der Waals surface area contributed by atoms with E-state index in [2.05, 4.69) is 16.3 Å². The molecule has 1 N–H and O–H groups in total. The lowest BCUT2D eigenvalue weighted by Crippen LogP contribution is -2.45. The van der Waals surface area contributed by atoms with E-state index < -0.39 is 0 Å². The molecule has 0 spiro atoms. The minimum atomic E-state index is 0.0257. The van der Waals surface area contributed by atoms with Crippen LogP contribution in [0.25, 0.3) is 0 Å². The van der Waals surface area contributed by atoms with Crippen molar-refractivity contribution in [1.29, 1.82) is 0 Å². The zero-order valence-corrected chi connectivity index (χ0v) is 16.3. The number of carbonyl (C=O) groups excluding carboxylic acids is 2. The number of likely N-dealkylation sites (tertiary alicyclic amines) is 1. The highest BCUT2D eigenvalue weighted by Gasteiger charge is 2.27. The topological polar surface area (TPSA) is 61.9 Å². The monoisotopic (exact) mass is 373 g/mol. The van der Waals surface area contributed by atoms with E-state index in [1.165, 1.54) is 5.56 Å². The molecule has 2 aliphatic heterocycles. The number of nitrogens with zero attached hydrogens (tertiary/aromatic N) is 2. The first-order valence-electron chi connectivity index (χ1n) is 10.0. The fourth-order valence-corrected chi connectivity index (χ4v) is 3.81. The molecule has 0 atom stereocenters. The molecule has 2 fully saturated rings. The SMILES string of the molecule is Cc1cccc(CC(=O)N2CCC(C(=O)NCCN3CCOCC3)CC2)c1. The van der Waals surface area contributed by atoms with Crippen molar-refractivity contribution in [3.8, 4) is 0 Å². The number of amides is 2. The Balaban J connectivity index is 1.36. The fourth-order valence-electron chi connectivity index (χ4n) is 3.81. The number of piperidine rings is 1. The molecule has 6 nitrogen and oxygen atoms in total. The summed E-state index contributed by atoms with van der Waals surface area (Å²) in [5, 5.41) is 3.06. The lowest BCUT2D eigenvalue weighted by atomic mass is 9.95. The van der Waals surface area contributed by atoms with Crippen molar-refractivity contribution in [3.63, 3.8) is 0 Å². The molecule has 1 aromatic rings. The third kappa shape index (κ3) is 6.04. The molecule has 148 valence electrons. The molecule has 2 amide bonds. The molecule has 1 aromatic carbocycles. The maximum atomic E-state index is 12.5. The predicted octanol–water partition coefficient (Wildman–Crippen LogP) is 1.22. The molecule has 0 radical (unpaired) electrons. The van der Waals surface area contributed by atoms with Gasteiger partial charge in [0.2, 0.25) is 11.8 Å². The molecule has 0 aliphatic carbocycles. The highest BCUT2D eigenvalue weighted by molar-refractivity contribution is 5.81. The average molecular weight is 373 g/mol. The number of hydrogen-bond acceptors (Lipinski definition) is 4. The van der Waals surface area contributed by atoms with E-state index in [0.29, 0.717) is 26.1 Å². The second-order valence-electron chi connectivity index (χ2n) is 7.57. The van der Waals surface area contributed by atoms with E-state index in [9.17, 15) is 9.59 Å². The maximum Gasteiger partial charge on any atom is 0.226 e. The van der Waals surface area contributed by atoms with Crippen molar-refractivity contribution in [2.75, 3.05) is 52.5 Å². The van der Waals surface area contributed by atoms with Crippen molar-refractivity contribution in [2.45, 2.75) is 26.2 Å². The zero-order valence-electron chi connectivity index (χ0n) is 16.3. The number of ether oxygens (including phenoxy) is 1. The molecular formula is C21H31N3O3. The first-order valence-corrected chi connectivity index (χ1v) is 10.0. The van der Waals surface area contributed by atoms with Crippen molar-refractivity contribution in [3.05, 3.63) is 35.4 Å². The van der Waals surface area contributed by atoms with Gasteiger partial charge in [-0.2, -0.15) is 0 Å². The second kappa shape index (κ2) is 9.85. The second-order valence-corrected chi connectivity index (χ2v) is 7.57. The normalized spacial score (nSPS) is 19.1. The summed E-state index contributed by atoms with van der Waals surface area (Å²) in [6, 6.07) is 8.09. The lowest BCUT2D eigenvalue weighted by molar-refractivity contribution is -0.135. The number of nitrogens with one attached hydrogen (secondary N) is 1. The van der Waals surface area contributed by atoms with Crippen molar-refractivity contribution in [1.82, 2.24) is 15.1 Å². The predicted molar refractivity (Wildman–Crippen MR) is 104 cm³/mol. The van der Waals surface area contributed by atoms with Gasteiger partial charge in [-0.05, 0) is 25.3 Å². The van der Waals surface area contributed by atoms with E-state index in [-0.39, 0.29) is 17.7 Å². The van der Waals surface area contributed by atoms with E-state index in [1.807, 2.05) is 30.0 Å². The zero-order chi connectivity index (χ0) is 19.1. The number of carbonyl (C=O) groups is 2. The van der Waals surface area contributed by atoms with Crippen LogP contribution >= 0.6 is 0 Å². The number of hydrogen-bond donors (Lipinski definition) is 1. The van der Waals surface area contributed by atoms with Crippen LogP contribution < -0.4 is 5.32 Å². The van der Waals surface area contributed by atoms with Crippen molar-refractivity contribution in [2.24, 2.45) is 5.92 Å². The van der Waals surface area contributed by atoms with Crippen LogP contribution in [0.1, 0.15) is 24.0 Å². The lowest BCUT2D eigenvalue weighted by Gasteiger charge is -2.32. The average Bonchev–Trinajstić information content (AvgIpc) is 2.69. The summed E-state index contributed by atoms with van der Waals surface area (Å²) in [5.74, 6) is 0.318. The highest BCUT2D eigenvalue weighted by Crippen LogP contribution is 2.18. The largest absolute Gasteiger partial charge is 0.379 e. The Bertz CT molecular complexity index is 635. The van der Waals surface area contributed by atoms with Gasteiger partial charge in [-0.1, -0.05) is 29.8 Å². The van der Waals surface area contributed by atoms with Gasteiger partial charge in [-0.3, -0.25) is 14.5 Å². The summed E-state index contributed by atoms with van der Waals surface area (Å²) < 4.78 is 5.33. The van der Waals surface area contributed by atoms with Crippen molar-refractivity contribution >= 4 is 11.8 Å². The van der Waals surface area contributed by atoms with Crippen LogP contribution in [0.4, 0.5) is 0 Å². The Morgan fingerprint density at radius 3 is 2.59 bits per heavy atom. The quantitative estimate of drug-likeness (QED) is 0.815. The van der Waals surface area contributed by atoms with Gasteiger partial charge in [0.15, 0.2) is 0 Å². The maximum absolute atomic E-state index is 12.5. The van der Waals surface area contributed by atoms with Crippen LogP contribution in [0.15, 0.2) is 24.3 Å². The molecule has 0 bridgehead atoms. The smallest absolute Gasteiger partial charge is 0.226 e. The Labute approximate surface area is 161 Å². The number of aryl methyl sites for hydroxylation is 1. The number of rotatable bonds is 6. The minimum Gasteiger partial charge on any atom is -0.379 e. The van der Waals surface area contributed by atoms with E-state index in [1.54, 1.807) is 0 Å². The van der Waals surface area contributed by atoms with Gasteiger partial charge in [0.1, 0.15) is 0 Å². The van der Waals surface area contributed by atoms with Crippen LogP contribution in [-0.2, 0) is 20.7 Å². The molecule has 2 heterocycles. The Kier molecular flexibility index (Phi) is 7.24. The Morgan fingerprint density at radius 1 is 1.15 bits per heavy atom. The summed E-state index contributed by atoms with van der Waals surface area (Å²) in [6.07, 6.45) is 1.95. The third-order valence-electron chi connectivity index (χ3n) is 5.49. The van der Waals surface area contributed by atoms with Gasteiger partial charge in [0, 0.05) is 45.2 Å². The highest BCUT2D eigenvalue weighted by atomic mass is 16.5. The Hall–Kier alpha value is -1.92. The van der Waals surface area contributed by atoms with Crippen molar-refractivity contribution < 1.29 is 14.3 Å². The molecule has 2 aliphatic rings. The van der Waals surface area contributed by atoms with E-state index in [4.69, 9.17) is 4.74 Å². The summed E-state index contributed by atoms with van der Waals surface area (Å²) in [4.78, 5) is 29.1. The first kappa shape index (κ1) is 19.8. The minimum absolute atomic E-state index is 0.0257. The van der Waals surface area contributed by atoms with Crippen LogP contribution in [-0.4, -0.2) is 74.1 Å². The van der Waals surface area contributed by atoms with Crippen LogP contribution in [0.3, 0.4) is 0 Å². The van der Waals surface area contributed by atoms with Crippen LogP contribution in [0, 0.1) is 12.8 Å². The standard InChI is InChI=1S/C21H31N3O3/c1-17-3-2-4-18(15-17)16-20(25)24-8-5-19(6-9-24)21(26)22-7-10-23-11-13-27-14-12-23/h2-4,15,19H,5-14,16H2,1H3,(H,22,26). The van der Waals surface area contributed by atoms with Gasteiger partial charge in [-0.25, -0.2) is 0 Å². The third-order valence-corrected chi connectivity index (χ3v) is 5.49. The summed E-state index contributed by atoms with van der Waals surface area (Å²) in [7, 11) is 0. The molecule has 2 saturated heterocycles.